The molecule has 0 spiro atoms. The Labute approximate surface area is 162 Å². The molecule has 0 aromatic heterocycles. The first-order valence-corrected chi connectivity index (χ1v) is 8.49. The van der Waals surface area contributed by atoms with E-state index in [-0.39, 0.29) is 6.61 Å². The summed E-state index contributed by atoms with van der Waals surface area (Å²) in [6, 6.07) is 12.4. The van der Waals surface area contributed by atoms with Gasteiger partial charge in [-0.05, 0) is 24.3 Å². The molecule has 0 aliphatic carbocycles. The van der Waals surface area contributed by atoms with E-state index in [2.05, 4.69) is 10.9 Å². The van der Waals surface area contributed by atoms with Gasteiger partial charge in [-0.2, -0.15) is 0 Å². The summed E-state index contributed by atoms with van der Waals surface area (Å²) in [7, 11) is 3.04. The van der Waals surface area contributed by atoms with E-state index in [9.17, 15) is 9.59 Å². The van der Waals surface area contributed by atoms with Crippen molar-refractivity contribution in [2.75, 3.05) is 20.8 Å². The summed E-state index contributed by atoms with van der Waals surface area (Å²) in [5, 5.41) is 0. The van der Waals surface area contributed by atoms with E-state index in [1.165, 1.54) is 20.3 Å². The molecular formula is C20H20N2O6. The summed E-state index contributed by atoms with van der Waals surface area (Å²) < 4.78 is 21.6. The third kappa shape index (κ3) is 4.35. The van der Waals surface area contributed by atoms with Gasteiger partial charge in [0.2, 0.25) is 6.10 Å². The standard InChI is InChI=1S/C20H20N2O6/c1-25-16-9-5-6-13(19(16)26-2)10-11-18(23)21-22-20(24)17-12-27-14-7-3-4-8-15(14)28-17/h3-11,17H,12H2,1-2H3,(H,21,23)(H,22,24). The third-order valence-electron chi connectivity index (χ3n) is 3.96. The van der Waals surface area contributed by atoms with E-state index in [4.69, 9.17) is 18.9 Å². The quantitative estimate of drug-likeness (QED) is 0.602. The average molecular weight is 384 g/mol. The number of benzene rings is 2. The monoisotopic (exact) mass is 384 g/mol. The Kier molecular flexibility index (Phi) is 6.01. The molecule has 2 amide bonds. The van der Waals surface area contributed by atoms with Gasteiger partial charge in [0.05, 0.1) is 14.2 Å². The highest BCUT2D eigenvalue weighted by molar-refractivity contribution is 5.94. The summed E-state index contributed by atoms with van der Waals surface area (Å²) >= 11 is 0. The van der Waals surface area contributed by atoms with Crippen molar-refractivity contribution in [3.63, 3.8) is 0 Å². The van der Waals surface area contributed by atoms with E-state index in [0.717, 1.165) is 0 Å². The maximum atomic E-state index is 12.2. The Bertz CT molecular complexity index is 896. The Morgan fingerprint density at radius 2 is 1.82 bits per heavy atom. The normalized spacial score (nSPS) is 15.0. The second-order valence-corrected chi connectivity index (χ2v) is 5.76. The molecule has 2 aromatic carbocycles. The van der Waals surface area contributed by atoms with Crippen molar-refractivity contribution in [3.05, 3.63) is 54.1 Å². The minimum Gasteiger partial charge on any atom is -0.493 e. The summed E-state index contributed by atoms with van der Waals surface area (Å²) in [6.45, 7) is 0.0512. The number of nitrogens with one attached hydrogen (secondary N) is 2. The fraction of sp³-hybridized carbons (Fsp3) is 0.200. The minimum atomic E-state index is -0.863. The zero-order valence-corrected chi connectivity index (χ0v) is 15.4. The van der Waals surface area contributed by atoms with Crippen molar-refractivity contribution in [2.24, 2.45) is 0 Å². The van der Waals surface area contributed by atoms with Crippen LogP contribution in [0.15, 0.2) is 48.5 Å². The number of ether oxygens (including phenoxy) is 4. The van der Waals surface area contributed by atoms with Crippen molar-refractivity contribution in [1.29, 1.82) is 0 Å². The molecule has 0 saturated heterocycles. The predicted molar refractivity (Wildman–Crippen MR) is 101 cm³/mol. The van der Waals surface area contributed by atoms with Gasteiger partial charge in [0.15, 0.2) is 23.0 Å². The number of hydrogen-bond donors (Lipinski definition) is 2. The first kappa shape index (κ1) is 19.1. The van der Waals surface area contributed by atoms with Crippen molar-refractivity contribution >= 4 is 17.9 Å². The summed E-state index contributed by atoms with van der Waals surface area (Å²) in [4.78, 5) is 24.2. The van der Waals surface area contributed by atoms with Crippen LogP contribution in [-0.4, -0.2) is 38.7 Å². The van der Waals surface area contributed by atoms with Gasteiger partial charge in [-0.3, -0.25) is 20.4 Å². The molecule has 8 heteroatoms. The molecule has 3 rings (SSSR count). The Morgan fingerprint density at radius 3 is 2.57 bits per heavy atom. The molecule has 1 aliphatic heterocycles. The van der Waals surface area contributed by atoms with Crippen LogP contribution < -0.4 is 29.8 Å². The molecule has 1 aliphatic rings. The SMILES string of the molecule is COc1cccc(C=CC(=O)NNC(=O)C2COc3ccccc3O2)c1OC. The number of amides is 2. The van der Waals surface area contributed by atoms with Gasteiger partial charge in [0.25, 0.3) is 11.8 Å². The van der Waals surface area contributed by atoms with Crippen LogP contribution in [0.5, 0.6) is 23.0 Å². The zero-order chi connectivity index (χ0) is 19.9. The second kappa shape index (κ2) is 8.81. The molecule has 0 saturated carbocycles. The molecule has 0 fully saturated rings. The summed E-state index contributed by atoms with van der Waals surface area (Å²) in [5.74, 6) is 1.07. The lowest BCUT2D eigenvalue weighted by molar-refractivity contribution is -0.134. The van der Waals surface area contributed by atoms with Crippen LogP contribution >= 0.6 is 0 Å². The zero-order valence-electron chi connectivity index (χ0n) is 15.4. The Balaban J connectivity index is 1.55. The number of para-hydroxylation sites is 3. The number of carbonyl (C=O) groups is 2. The highest BCUT2D eigenvalue weighted by atomic mass is 16.6. The molecule has 28 heavy (non-hydrogen) atoms. The second-order valence-electron chi connectivity index (χ2n) is 5.76. The van der Waals surface area contributed by atoms with Gasteiger partial charge in [-0.25, -0.2) is 0 Å². The van der Waals surface area contributed by atoms with E-state index in [1.54, 1.807) is 42.5 Å². The van der Waals surface area contributed by atoms with Gasteiger partial charge in [0.1, 0.15) is 6.61 Å². The van der Waals surface area contributed by atoms with Gasteiger partial charge in [-0.15, -0.1) is 0 Å². The Morgan fingerprint density at radius 1 is 1.04 bits per heavy atom. The number of methoxy groups -OCH3 is 2. The first-order valence-electron chi connectivity index (χ1n) is 8.49. The van der Waals surface area contributed by atoms with E-state index in [1.807, 2.05) is 6.07 Å². The number of fused-ring (bicyclic) bond motifs is 1. The lowest BCUT2D eigenvalue weighted by atomic mass is 10.1. The predicted octanol–water partition coefficient (Wildman–Crippen LogP) is 1.70. The smallest absolute Gasteiger partial charge is 0.283 e. The first-order chi connectivity index (χ1) is 13.6. The lowest BCUT2D eigenvalue weighted by Crippen LogP contribution is -2.50. The number of hydrogen-bond acceptors (Lipinski definition) is 6. The molecule has 0 bridgehead atoms. The third-order valence-corrected chi connectivity index (χ3v) is 3.96. The van der Waals surface area contributed by atoms with Crippen LogP contribution in [0.3, 0.4) is 0 Å². The fourth-order valence-corrected chi connectivity index (χ4v) is 2.60. The molecule has 1 unspecified atom stereocenters. The molecular weight excluding hydrogens is 364 g/mol. The van der Waals surface area contributed by atoms with E-state index in [0.29, 0.717) is 28.6 Å². The topological polar surface area (TPSA) is 95.1 Å². The van der Waals surface area contributed by atoms with Crippen molar-refractivity contribution in [1.82, 2.24) is 10.9 Å². The lowest BCUT2D eigenvalue weighted by Gasteiger charge is -2.25. The maximum absolute atomic E-state index is 12.2. The van der Waals surface area contributed by atoms with Crippen LogP contribution in [-0.2, 0) is 9.59 Å². The van der Waals surface area contributed by atoms with Crippen LogP contribution in [0.25, 0.3) is 6.08 Å². The molecule has 1 atom stereocenters. The molecule has 0 radical (unpaired) electrons. The van der Waals surface area contributed by atoms with Crippen LogP contribution in [0.2, 0.25) is 0 Å². The van der Waals surface area contributed by atoms with Gasteiger partial charge in [0, 0.05) is 11.6 Å². The average Bonchev–Trinajstić information content (AvgIpc) is 2.75. The number of hydrazine groups is 1. The summed E-state index contributed by atoms with van der Waals surface area (Å²) in [5.41, 5.74) is 5.28. The molecule has 2 N–H and O–H groups in total. The molecule has 1 heterocycles. The minimum absolute atomic E-state index is 0.0512. The van der Waals surface area contributed by atoms with Gasteiger partial charge >= 0.3 is 0 Å². The Hall–Kier alpha value is -3.68. The van der Waals surface area contributed by atoms with Crippen molar-refractivity contribution in [3.8, 4) is 23.0 Å². The highest BCUT2D eigenvalue weighted by Crippen LogP contribution is 2.32. The molecule has 8 nitrogen and oxygen atoms in total. The highest BCUT2D eigenvalue weighted by Gasteiger charge is 2.27. The van der Waals surface area contributed by atoms with Gasteiger partial charge in [-0.1, -0.05) is 24.3 Å². The maximum Gasteiger partial charge on any atom is 0.283 e. The summed E-state index contributed by atoms with van der Waals surface area (Å²) in [6.07, 6.45) is 1.96. The molecule has 2 aromatic rings. The van der Waals surface area contributed by atoms with Crippen molar-refractivity contribution < 1.29 is 28.5 Å². The van der Waals surface area contributed by atoms with E-state index >= 15 is 0 Å². The number of rotatable bonds is 5. The largest absolute Gasteiger partial charge is 0.493 e. The van der Waals surface area contributed by atoms with Crippen molar-refractivity contribution in [2.45, 2.75) is 6.10 Å². The van der Waals surface area contributed by atoms with Crippen LogP contribution in [0, 0.1) is 0 Å². The number of carbonyl (C=O) groups excluding carboxylic acids is 2. The van der Waals surface area contributed by atoms with E-state index < -0.39 is 17.9 Å². The van der Waals surface area contributed by atoms with Gasteiger partial charge < -0.3 is 18.9 Å². The van der Waals surface area contributed by atoms with Crippen LogP contribution in [0.4, 0.5) is 0 Å². The fourth-order valence-electron chi connectivity index (χ4n) is 2.60. The molecule has 146 valence electrons. The van der Waals surface area contributed by atoms with Crippen LogP contribution in [0.1, 0.15) is 5.56 Å².